The lowest BCUT2D eigenvalue weighted by Crippen LogP contribution is -2.24. The Labute approximate surface area is 155 Å². The first-order valence-electron chi connectivity index (χ1n) is 8.50. The second-order valence-corrected chi connectivity index (χ2v) is 7.45. The van der Waals surface area contributed by atoms with Crippen molar-refractivity contribution in [3.8, 4) is 11.5 Å². The second kappa shape index (κ2) is 8.91. The van der Waals surface area contributed by atoms with E-state index in [4.69, 9.17) is 9.47 Å². The van der Waals surface area contributed by atoms with Crippen molar-refractivity contribution >= 4 is 15.7 Å². The molecule has 2 rings (SSSR count). The van der Waals surface area contributed by atoms with Crippen LogP contribution < -0.4 is 19.1 Å². The molecule has 26 heavy (non-hydrogen) atoms. The summed E-state index contributed by atoms with van der Waals surface area (Å²) in [6.45, 7) is 6.29. The van der Waals surface area contributed by atoms with E-state index in [-0.39, 0.29) is 11.4 Å². The van der Waals surface area contributed by atoms with Crippen molar-refractivity contribution in [2.24, 2.45) is 0 Å². The van der Waals surface area contributed by atoms with Crippen molar-refractivity contribution < 1.29 is 17.9 Å². The highest BCUT2D eigenvalue weighted by molar-refractivity contribution is 7.89. The number of rotatable bonds is 9. The van der Waals surface area contributed by atoms with Gasteiger partial charge in [0.1, 0.15) is 0 Å². The summed E-state index contributed by atoms with van der Waals surface area (Å²) in [6.07, 6.45) is 0. The van der Waals surface area contributed by atoms with E-state index in [1.54, 1.807) is 6.07 Å². The van der Waals surface area contributed by atoms with Gasteiger partial charge in [-0.1, -0.05) is 12.1 Å². The fraction of sp³-hybridized carbons (Fsp3) is 0.368. The summed E-state index contributed by atoms with van der Waals surface area (Å²) in [5.74, 6) is 0.859. The van der Waals surface area contributed by atoms with Crippen molar-refractivity contribution in [3.05, 3.63) is 48.0 Å². The molecule has 0 unspecified atom stereocenters. The molecule has 0 atom stereocenters. The van der Waals surface area contributed by atoms with Crippen LogP contribution in [0.5, 0.6) is 11.5 Å². The normalized spacial score (nSPS) is 11.2. The highest BCUT2D eigenvalue weighted by Crippen LogP contribution is 2.29. The van der Waals surface area contributed by atoms with E-state index in [9.17, 15) is 8.42 Å². The highest BCUT2D eigenvalue weighted by Gasteiger charge is 2.17. The first kappa shape index (κ1) is 20.1. The Morgan fingerprint density at radius 2 is 1.54 bits per heavy atom. The highest BCUT2D eigenvalue weighted by atomic mass is 32.2. The summed E-state index contributed by atoms with van der Waals surface area (Å²) in [5, 5.41) is 0. The Kier molecular flexibility index (Phi) is 6.88. The van der Waals surface area contributed by atoms with Gasteiger partial charge in [-0.2, -0.15) is 0 Å². The molecule has 0 aromatic heterocycles. The quantitative estimate of drug-likeness (QED) is 0.726. The molecule has 0 saturated heterocycles. The predicted octanol–water partition coefficient (Wildman–Crippen LogP) is 3.03. The molecule has 0 heterocycles. The lowest BCUT2D eigenvalue weighted by Gasteiger charge is -2.21. The maximum absolute atomic E-state index is 12.5. The number of hydrogen-bond acceptors (Lipinski definition) is 5. The van der Waals surface area contributed by atoms with E-state index in [0.29, 0.717) is 11.5 Å². The number of ether oxygens (including phenoxy) is 2. The molecule has 0 aliphatic heterocycles. The topological polar surface area (TPSA) is 67.9 Å². The molecule has 0 bridgehead atoms. The zero-order valence-corrected chi connectivity index (χ0v) is 16.5. The number of hydrogen-bond donors (Lipinski definition) is 1. The summed E-state index contributed by atoms with van der Waals surface area (Å²) in [4.78, 5) is 2.37. The molecule has 0 spiro atoms. The molecular formula is C19H26N2O4S. The van der Waals surface area contributed by atoms with Crippen LogP contribution in [0.1, 0.15) is 19.4 Å². The minimum absolute atomic E-state index is 0.134. The van der Waals surface area contributed by atoms with Gasteiger partial charge in [0.05, 0.1) is 19.1 Å². The number of sulfonamides is 1. The fourth-order valence-corrected chi connectivity index (χ4v) is 3.69. The molecule has 6 nitrogen and oxygen atoms in total. The minimum atomic E-state index is -3.65. The first-order valence-corrected chi connectivity index (χ1v) is 9.99. The van der Waals surface area contributed by atoms with Crippen LogP contribution in [-0.4, -0.2) is 35.7 Å². The van der Waals surface area contributed by atoms with E-state index in [2.05, 4.69) is 23.5 Å². The van der Waals surface area contributed by atoms with Gasteiger partial charge in [-0.15, -0.1) is 0 Å². The molecule has 2 aromatic rings. The maximum atomic E-state index is 12.5. The maximum Gasteiger partial charge on any atom is 0.241 e. The lowest BCUT2D eigenvalue weighted by molar-refractivity contribution is 0.354. The number of anilines is 1. The summed E-state index contributed by atoms with van der Waals surface area (Å²) >= 11 is 0. The molecule has 0 saturated carbocycles. The van der Waals surface area contributed by atoms with E-state index in [1.807, 2.05) is 24.3 Å². The fourth-order valence-electron chi connectivity index (χ4n) is 2.66. The number of methoxy groups -OCH3 is 2. The van der Waals surface area contributed by atoms with Gasteiger partial charge in [0.2, 0.25) is 10.0 Å². The monoisotopic (exact) mass is 378 g/mol. The average molecular weight is 378 g/mol. The van der Waals surface area contributed by atoms with Gasteiger partial charge >= 0.3 is 0 Å². The largest absolute Gasteiger partial charge is 0.493 e. The minimum Gasteiger partial charge on any atom is -0.493 e. The third-order valence-corrected chi connectivity index (χ3v) is 5.60. The van der Waals surface area contributed by atoms with Gasteiger partial charge in [0.25, 0.3) is 0 Å². The van der Waals surface area contributed by atoms with Crippen LogP contribution in [0.2, 0.25) is 0 Å². The SMILES string of the molecule is CCN(CC)c1ccc(CNS(=O)(=O)c2ccc(OC)c(OC)c2)cc1. The van der Waals surface area contributed by atoms with Crippen LogP contribution in [0.4, 0.5) is 5.69 Å². The van der Waals surface area contributed by atoms with Crippen molar-refractivity contribution in [3.63, 3.8) is 0 Å². The molecule has 7 heteroatoms. The van der Waals surface area contributed by atoms with Crippen LogP contribution in [0.3, 0.4) is 0 Å². The molecule has 0 aliphatic rings. The standard InChI is InChI=1S/C19H26N2O4S/c1-5-21(6-2)16-9-7-15(8-10-16)14-20-26(22,23)17-11-12-18(24-3)19(13-17)25-4/h7-13,20H,5-6,14H2,1-4H3. The Morgan fingerprint density at radius 1 is 0.923 bits per heavy atom. The Morgan fingerprint density at radius 3 is 2.08 bits per heavy atom. The van der Waals surface area contributed by atoms with Crippen molar-refractivity contribution in [2.45, 2.75) is 25.3 Å². The van der Waals surface area contributed by atoms with E-state index in [0.717, 1.165) is 24.3 Å². The first-order chi connectivity index (χ1) is 12.4. The summed E-state index contributed by atoms with van der Waals surface area (Å²) in [7, 11) is -0.670. The summed E-state index contributed by atoms with van der Waals surface area (Å²) in [6, 6.07) is 12.4. The van der Waals surface area contributed by atoms with Crippen molar-refractivity contribution in [1.29, 1.82) is 0 Å². The van der Waals surface area contributed by atoms with Gasteiger partial charge in [-0.3, -0.25) is 0 Å². The van der Waals surface area contributed by atoms with Crippen LogP contribution in [-0.2, 0) is 16.6 Å². The molecular weight excluding hydrogens is 352 g/mol. The molecule has 0 fully saturated rings. The zero-order chi connectivity index (χ0) is 19.2. The van der Waals surface area contributed by atoms with Gasteiger partial charge in [0.15, 0.2) is 11.5 Å². The molecule has 2 aromatic carbocycles. The zero-order valence-electron chi connectivity index (χ0n) is 15.7. The van der Waals surface area contributed by atoms with Crippen LogP contribution in [0.15, 0.2) is 47.4 Å². The van der Waals surface area contributed by atoms with Gasteiger partial charge in [-0.05, 0) is 43.7 Å². The second-order valence-electron chi connectivity index (χ2n) is 5.68. The number of benzene rings is 2. The molecule has 142 valence electrons. The summed E-state index contributed by atoms with van der Waals surface area (Å²) < 4.78 is 38.0. The third-order valence-electron chi connectivity index (χ3n) is 4.20. The van der Waals surface area contributed by atoms with E-state index in [1.165, 1.54) is 26.4 Å². The Hall–Kier alpha value is -2.25. The van der Waals surface area contributed by atoms with Gasteiger partial charge < -0.3 is 14.4 Å². The van der Waals surface area contributed by atoms with E-state index >= 15 is 0 Å². The Bertz CT molecular complexity index is 816. The van der Waals surface area contributed by atoms with Crippen molar-refractivity contribution in [1.82, 2.24) is 4.72 Å². The summed E-state index contributed by atoms with van der Waals surface area (Å²) in [5.41, 5.74) is 2.02. The van der Waals surface area contributed by atoms with E-state index < -0.39 is 10.0 Å². The number of nitrogens with one attached hydrogen (secondary N) is 1. The molecule has 0 aliphatic carbocycles. The third kappa shape index (κ3) is 4.68. The smallest absolute Gasteiger partial charge is 0.241 e. The number of nitrogens with zero attached hydrogens (tertiary/aromatic N) is 1. The average Bonchev–Trinajstić information content (AvgIpc) is 2.67. The van der Waals surface area contributed by atoms with Crippen molar-refractivity contribution in [2.75, 3.05) is 32.2 Å². The van der Waals surface area contributed by atoms with Crippen LogP contribution in [0, 0.1) is 0 Å². The predicted molar refractivity (Wildman–Crippen MR) is 104 cm³/mol. The van der Waals surface area contributed by atoms with Gasteiger partial charge in [-0.25, -0.2) is 13.1 Å². The van der Waals surface area contributed by atoms with Gasteiger partial charge in [0, 0.05) is 31.4 Å². The Balaban J connectivity index is 2.10. The lowest BCUT2D eigenvalue weighted by atomic mass is 10.2. The molecule has 0 amide bonds. The van der Waals surface area contributed by atoms with Crippen LogP contribution in [0.25, 0.3) is 0 Å². The van der Waals surface area contributed by atoms with Crippen LogP contribution >= 0.6 is 0 Å². The molecule has 0 radical (unpaired) electrons. The molecule has 1 N–H and O–H groups in total.